The topological polar surface area (TPSA) is 108 Å². The van der Waals surface area contributed by atoms with Gasteiger partial charge < -0.3 is 29.9 Å². The van der Waals surface area contributed by atoms with Gasteiger partial charge in [0, 0.05) is 30.1 Å². The summed E-state index contributed by atoms with van der Waals surface area (Å²) in [5.74, 6) is -1.24. The van der Waals surface area contributed by atoms with Gasteiger partial charge in [-0.1, -0.05) is 62.6 Å². The largest absolute Gasteiger partial charge is 0.481 e. The zero-order valence-electron chi connectivity index (χ0n) is 22.2. The van der Waals surface area contributed by atoms with Crippen LogP contribution in [0.15, 0.2) is 48.5 Å². The van der Waals surface area contributed by atoms with Gasteiger partial charge in [0.2, 0.25) is 5.91 Å². The first kappa shape index (κ1) is 28.2. The monoisotopic (exact) mass is 524 g/mol. The molecule has 3 N–H and O–H groups in total. The highest BCUT2D eigenvalue weighted by Gasteiger charge is 2.39. The molecule has 0 radical (unpaired) electrons. The SMILES string of the molecule is C[C@@H]1[C@H](CN2CCCCCCC2)O[C@H](c2cccc(NC(=O)CCC(=O)O)c2)O[C@@H]1c1ccc(CO)cc1. The first-order valence-corrected chi connectivity index (χ1v) is 13.8. The fraction of sp³-hybridized carbons (Fsp3) is 0.533. The van der Waals surface area contributed by atoms with Crippen molar-refractivity contribution in [2.75, 3.05) is 25.0 Å². The van der Waals surface area contributed by atoms with Crippen molar-refractivity contribution < 1.29 is 29.3 Å². The highest BCUT2D eigenvalue weighted by atomic mass is 16.7. The van der Waals surface area contributed by atoms with Crippen molar-refractivity contribution >= 4 is 17.6 Å². The van der Waals surface area contributed by atoms with E-state index in [0.717, 1.165) is 36.3 Å². The van der Waals surface area contributed by atoms with E-state index >= 15 is 0 Å². The van der Waals surface area contributed by atoms with Crippen LogP contribution in [0.4, 0.5) is 5.69 Å². The number of aliphatic hydroxyl groups excluding tert-OH is 1. The molecule has 0 aliphatic carbocycles. The molecular weight excluding hydrogens is 484 g/mol. The van der Waals surface area contributed by atoms with Crippen molar-refractivity contribution in [3.63, 3.8) is 0 Å². The summed E-state index contributed by atoms with van der Waals surface area (Å²) in [4.78, 5) is 25.5. The van der Waals surface area contributed by atoms with Crippen molar-refractivity contribution in [1.82, 2.24) is 4.90 Å². The lowest BCUT2D eigenvalue weighted by Crippen LogP contribution is -2.45. The van der Waals surface area contributed by atoms with Crippen LogP contribution in [0.1, 0.15) is 81.0 Å². The number of nitrogens with zero attached hydrogens (tertiary/aromatic N) is 1. The van der Waals surface area contributed by atoms with E-state index in [2.05, 4.69) is 17.1 Å². The number of aliphatic carboxylic acids is 1. The molecule has 8 nitrogen and oxygen atoms in total. The second kappa shape index (κ2) is 13.8. The van der Waals surface area contributed by atoms with Crippen molar-refractivity contribution in [2.24, 2.45) is 5.92 Å². The van der Waals surface area contributed by atoms with E-state index in [4.69, 9.17) is 14.6 Å². The average Bonchev–Trinajstić information content (AvgIpc) is 2.90. The molecule has 4 atom stereocenters. The van der Waals surface area contributed by atoms with Gasteiger partial charge in [-0.2, -0.15) is 0 Å². The van der Waals surface area contributed by atoms with Crippen molar-refractivity contribution in [1.29, 1.82) is 0 Å². The number of anilines is 1. The second-order valence-corrected chi connectivity index (χ2v) is 10.5. The number of hydrogen-bond donors (Lipinski definition) is 3. The molecule has 2 aliphatic rings. The van der Waals surface area contributed by atoms with Crippen LogP contribution in [0.25, 0.3) is 0 Å². The fourth-order valence-electron chi connectivity index (χ4n) is 5.29. The first-order chi connectivity index (χ1) is 18.4. The van der Waals surface area contributed by atoms with Crippen molar-refractivity contribution in [2.45, 2.75) is 77.0 Å². The summed E-state index contributed by atoms with van der Waals surface area (Å²) in [7, 11) is 0. The summed E-state index contributed by atoms with van der Waals surface area (Å²) in [6, 6.07) is 15.3. The van der Waals surface area contributed by atoms with Gasteiger partial charge >= 0.3 is 5.97 Å². The third-order valence-corrected chi connectivity index (χ3v) is 7.52. The van der Waals surface area contributed by atoms with Gasteiger partial charge in [-0.05, 0) is 49.2 Å². The molecule has 2 fully saturated rings. The maximum absolute atomic E-state index is 12.2. The predicted octanol–water partition coefficient (Wildman–Crippen LogP) is 5.04. The van der Waals surface area contributed by atoms with E-state index in [1.807, 2.05) is 42.5 Å². The molecule has 38 heavy (non-hydrogen) atoms. The third kappa shape index (κ3) is 7.86. The van der Waals surface area contributed by atoms with E-state index < -0.39 is 12.3 Å². The molecule has 2 aliphatic heterocycles. The molecule has 2 aromatic carbocycles. The van der Waals surface area contributed by atoms with E-state index in [1.54, 1.807) is 6.07 Å². The minimum atomic E-state index is -1.00. The van der Waals surface area contributed by atoms with Crippen LogP contribution in [0.5, 0.6) is 0 Å². The standard InChI is InChI=1S/C30H40N2O6/c1-21-26(19-32-16-5-3-2-4-6-17-32)37-30(38-29(21)23-12-10-22(20-33)11-13-23)24-8-7-9-25(18-24)31-27(34)14-15-28(35)36/h7-13,18,21,26,29-30,33H,2-6,14-17,19-20H2,1H3,(H,31,34)(H,35,36)/t21-,26+,29+,30+/m1/s1. The van der Waals surface area contributed by atoms with Crippen molar-refractivity contribution in [3.05, 3.63) is 65.2 Å². The normalized spacial score (nSPS) is 24.8. The summed E-state index contributed by atoms with van der Waals surface area (Å²) in [5, 5.41) is 21.1. The highest BCUT2D eigenvalue weighted by Crippen LogP contribution is 2.42. The summed E-state index contributed by atoms with van der Waals surface area (Å²) in [5.41, 5.74) is 3.27. The van der Waals surface area contributed by atoms with E-state index in [-0.39, 0.29) is 43.5 Å². The van der Waals surface area contributed by atoms with Gasteiger partial charge in [0.1, 0.15) is 0 Å². The average molecular weight is 525 g/mol. The summed E-state index contributed by atoms with van der Waals surface area (Å²) < 4.78 is 13.2. The molecule has 206 valence electrons. The maximum atomic E-state index is 12.2. The molecular formula is C30H40N2O6. The molecule has 2 aromatic rings. The second-order valence-electron chi connectivity index (χ2n) is 10.5. The molecule has 1 amide bonds. The zero-order chi connectivity index (χ0) is 26.9. The number of benzene rings is 2. The number of amides is 1. The smallest absolute Gasteiger partial charge is 0.303 e. The van der Waals surface area contributed by atoms with Gasteiger partial charge in [-0.3, -0.25) is 9.59 Å². The maximum Gasteiger partial charge on any atom is 0.303 e. The number of ether oxygens (including phenoxy) is 2. The molecule has 2 saturated heterocycles. The van der Waals surface area contributed by atoms with Gasteiger partial charge in [-0.25, -0.2) is 0 Å². The predicted molar refractivity (Wildman–Crippen MR) is 144 cm³/mol. The number of carbonyl (C=O) groups is 2. The Kier molecular flexibility index (Phi) is 10.3. The number of rotatable bonds is 9. The van der Waals surface area contributed by atoms with Crippen LogP contribution in [0.3, 0.4) is 0 Å². The number of hydrogen-bond acceptors (Lipinski definition) is 6. The van der Waals surface area contributed by atoms with Crippen molar-refractivity contribution in [3.8, 4) is 0 Å². The summed E-state index contributed by atoms with van der Waals surface area (Å²) in [6.07, 6.45) is 5.10. The van der Waals surface area contributed by atoms with Gasteiger partial charge in [0.25, 0.3) is 0 Å². The highest BCUT2D eigenvalue weighted by molar-refractivity contribution is 5.92. The number of carbonyl (C=O) groups excluding carboxylic acids is 1. The quantitative estimate of drug-likeness (QED) is 0.422. The van der Waals surface area contributed by atoms with Crippen LogP contribution in [-0.2, 0) is 25.7 Å². The van der Waals surface area contributed by atoms with Gasteiger partial charge in [0.05, 0.1) is 25.2 Å². The Bertz CT molecular complexity index is 1050. The van der Waals surface area contributed by atoms with E-state index in [0.29, 0.717) is 5.69 Å². The molecule has 0 unspecified atom stereocenters. The van der Waals surface area contributed by atoms with E-state index in [9.17, 15) is 14.7 Å². The molecule has 0 aromatic heterocycles. The number of likely N-dealkylation sites (tertiary alicyclic amines) is 1. The number of nitrogens with one attached hydrogen (secondary N) is 1. The first-order valence-electron chi connectivity index (χ1n) is 13.8. The Morgan fingerprint density at radius 1 is 0.947 bits per heavy atom. The summed E-state index contributed by atoms with van der Waals surface area (Å²) >= 11 is 0. The lowest BCUT2D eigenvalue weighted by atomic mass is 9.89. The fourth-order valence-corrected chi connectivity index (χ4v) is 5.29. The Morgan fingerprint density at radius 3 is 2.34 bits per heavy atom. The lowest BCUT2D eigenvalue weighted by molar-refractivity contribution is -0.276. The Labute approximate surface area is 224 Å². The molecule has 2 heterocycles. The van der Waals surface area contributed by atoms with Crippen LogP contribution >= 0.6 is 0 Å². The zero-order valence-corrected chi connectivity index (χ0v) is 22.2. The van der Waals surface area contributed by atoms with Gasteiger partial charge in [0.15, 0.2) is 6.29 Å². The summed E-state index contributed by atoms with van der Waals surface area (Å²) in [6.45, 7) is 5.15. The number of carboxylic acid groups (broad SMARTS) is 1. The molecule has 0 saturated carbocycles. The Hall–Kier alpha value is -2.78. The minimum Gasteiger partial charge on any atom is -0.481 e. The van der Waals surface area contributed by atoms with Gasteiger partial charge in [-0.15, -0.1) is 0 Å². The Morgan fingerprint density at radius 2 is 1.66 bits per heavy atom. The van der Waals surface area contributed by atoms with Crippen LogP contribution < -0.4 is 5.32 Å². The molecule has 4 rings (SSSR count). The molecule has 0 bridgehead atoms. The molecule has 0 spiro atoms. The third-order valence-electron chi connectivity index (χ3n) is 7.52. The molecule has 8 heteroatoms. The van der Waals surface area contributed by atoms with Crippen LogP contribution in [-0.4, -0.2) is 52.7 Å². The van der Waals surface area contributed by atoms with Crippen LogP contribution in [0.2, 0.25) is 0 Å². The van der Waals surface area contributed by atoms with E-state index in [1.165, 1.54) is 32.1 Å². The Balaban J connectivity index is 1.54. The number of aliphatic hydroxyl groups is 1. The minimum absolute atomic E-state index is 0.00431. The number of carboxylic acids is 1. The van der Waals surface area contributed by atoms with Crippen LogP contribution in [0, 0.1) is 5.92 Å². The lowest BCUT2D eigenvalue weighted by Gasteiger charge is -2.43.